The van der Waals surface area contributed by atoms with Gasteiger partial charge in [0.1, 0.15) is 16.7 Å². The molecule has 24 heavy (non-hydrogen) atoms. The summed E-state index contributed by atoms with van der Waals surface area (Å²) < 4.78 is 5.12. The lowest BCUT2D eigenvalue weighted by molar-refractivity contribution is -0.384. The van der Waals surface area contributed by atoms with Crippen molar-refractivity contribution in [2.24, 2.45) is 0 Å². The number of non-ortho nitro benzene ring substituents is 1. The Labute approximate surface area is 143 Å². The van der Waals surface area contributed by atoms with Crippen LogP contribution in [0.3, 0.4) is 0 Å². The fraction of sp³-hybridized carbons (Fsp3) is 0.200. The van der Waals surface area contributed by atoms with E-state index in [2.05, 4.69) is 10.3 Å². The van der Waals surface area contributed by atoms with E-state index in [1.807, 2.05) is 0 Å². The van der Waals surface area contributed by atoms with Crippen molar-refractivity contribution in [3.8, 4) is 5.75 Å². The van der Waals surface area contributed by atoms with Gasteiger partial charge in [-0.25, -0.2) is 4.98 Å². The average Bonchev–Trinajstić information content (AvgIpc) is 2.53. The predicted octanol–water partition coefficient (Wildman–Crippen LogP) is 2.97. The Hall–Kier alpha value is -2.87. The van der Waals surface area contributed by atoms with Crippen molar-refractivity contribution in [1.29, 1.82) is 0 Å². The van der Waals surface area contributed by atoms with Crippen LogP contribution in [0.5, 0.6) is 5.75 Å². The first-order valence-electron chi connectivity index (χ1n) is 6.80. The van der Waals surface area contributed by atoms with E-state index in [0.29, 0.717) is 11.6 Å². The van der Waals surface area contributed by atoms with Crippen LogP contribution in [0.4, 0.5) is 17.2 Å². The minimum absolute atomic E-state index is 0.159. The number of rotatable bonds is 5. The Morgan fingerprint density at radius 2 is 2.04 bits per heavy atom. The third-order valence-corrected chi connectivity index (χ3v) is 3.34. The Kier molecular flexibility index (Phi) is 5.20. The first-order valence-corrected chi connectivity index (χ1v) is 7.18. The highest BCUT2D eigenvalue weighted by Crippen LogP contribution is 2.29. The van der Waals surface area contributed by atoms with Gasteiger partial charge < -0.3 is 15.0 Å². The van der Waals surface area contributed by atoms with Crippen LogP contribution in [0.2, 0.25) is 5.15 Å². The number of hydrogen-bond donors (Lipinski definition) is 1. The molecule has 0 spiro atoms. The highest BCUT2D eigenvalue weighted by Gasteiger charge is 2.16. The zero-order valence-corrected chi connectivity index (χ0v) is 14.0. The van der Waals surface area contributed by atoms with Gasteiger partial charge in [-0.1, -0.05) is 11.6 Å². The number of nitro groups is 1. The van der Waals surface area contributed by atoms with Crippen LogP contribution in [0, 0.1) is 10.1 Å². The average molecular weight is 351 g/mol. The van der Waals surface area contributed by atoms with Gasteiger partial charge >= 0.3 is 0 Å². The summed E-state index contributed by atoms with van der Waals surface area (Å²) in [5.74, 6) is 0.335. The maximum atomic E-state index is 12.4. The summed E-state index contributed by atoms with van der Waals surface area (Å²) in [6, 6.07) is 6.91. The molecule has 126 valence electrons. The number of nitrogens with zero attached hydrogens (tertiary/aromatic N) is 3. The maximum absolute atomic E-state index is 12.4. The van der Waals surface area contributed by atoms with Crippen molar-refractivity contribution < 1.29 is 14.5 Å². The lowest BCUT2D eigenvalue weighted by Crippen LogP contribution is -2.16. The van der Waals surface area contributed by atoms with Crippen LogP contribution in [-0.4, -0.2) is 37.0 Å². The number of aromatic nitrogens is 1. The summed E-state index contributed by atoms with van der Waals surface area (Å²) in [6.07, 6.45) is 0. The van der Waals surface area contributed by atoms with Crippen molar-refractivity contribution in [3.63, 3.8) is 0 Å². The molecule has 0 unspecified atom stereocenters. The number of methoxy groups -OCH3 is 1. The molecular formula is C15H15ClN4O4. The van der Waals surface area contributed by atoms with Gasteiger partial charge in [0.15, 0.2) is 0 Å². The molecule has 0 radical (unpaired) electrons. The van der Waals surface area contributed by atoms with Crippen LogP contribution < -0.4 is 15.0 Å². The highest BCUT2D eigenvalue weighted by molar-refractivity contribution is 6.30. The van der Waals surface area contributed by atoms with Crippen LogP contribution in [-0.2, 0) is 0 Å². The standard InChI is InChI=1S/C15H15ClN4O4/c1-19(2)14-7-9(6-13(16)18-14)15(21)17-11-8-10(20(22)23)4-5-12(11)24-3/h4-8H,1-3H3,(H,17,21). The normalized spacial score (nSPS) is 10.2. The van der Waals surface area contributed by atoms with Gasteiger partial charge in [-0.15, -0.1) is 0 Å². The van der Waals surface area contributed by atoms with E-state index in [1.165, 1.54) is 31.4 Å². The Balaban J connectivity index is 2.36. The highest BCUT2D eigenvalue weighted by atomic mass is 35.5. The van der Waals surface area contributed by atoms with Crippen molar-refractivity contribution in [3.05, 3.63) is 51.2 Å². The first kappa shape index (κ1) is 17.5. The monoisotopic (exact) mass is 350 g/mol. The van der Waals surface area contributed by atoms with Crippen LogP contribution in [0.1, 0.15) is 10.4 Å². The second-order valence-electron chi connectivity index (χ2n) is 5.03. The molecule has 0 aliphatic heterocycles. The molecule has 0 atom stereocenters. The van der Waals surface area contributed by atoms with E-state index < -0.39 is 10.8 Å². The molecule has 2 rings (SSSR count). The number of pyridine rings is 1. The van der Waals surface area contributed by atoms with Crippen molar-refractivity contribution in [2.75, 3.05) is 31.4 Å². The molecular weight excluding hydrogens is 336 g/mol. The number of benzene rings is 1. The van der Waals surface area contributed by atoms with Gasteiger partial charge in [0.25, 0.3) is 11.6 Å². The van der Waals surface area contributed by atoms with E-state index in [0.717, 1.165) is 0 Å². The third-order valence-electron chi connectivity index (χ3n) is 3.14. The smallest absolute Gasteiger partial charge is 0.271 e. The minimum Gasteiger partial charge on any atom is -0.495 e. The Bertz CT molecular complexity index is 795. The molecule has 1 aromatic heterocycles. The number of carbonyl (C=O) groups excluding carboxylic acids is 1. The summed E-state index contributed by atoms with van der Waals surface area (Å²) >= 11 is 5.93. The Morgan fingerprint density at radius 3 is 2.62 bits per heavy atom. The maximum Gasteiger partial charge on any atom is 0.271 e. The number of halogens is 1. The summed E-state index contributed by atoms with van der Waals surface area (Å²) in [6.45, 7) is 0. The van der Waals surface area contributed by atoms with Gasteiger partial charge in [0, 0.05) is 31.8 Å². The third kappa shape index (κ3) is 3.90. The molecule has 0 saturated carbocycles. The van der Waals surface area contributed by atoms with Crippen molar-refractivity contribution in [1.82, 2.24) is 4.98 Å². The lowest BCUT2D eigenvalue weighted by Gasteiger charge is -2.14. The summed E-state index contributed by atoms with van der Waals surface area (Å²) in [7, 11) is 4.94. The van der Waals surface area contributed by atoms with Crippen LogP contribution in [0.25, 0.3) is 0 Å². The largest absolute Gasteiger partial charge is 0.495 e. The number of nitro benzene ring substituents is 1. The number of carbonyl (C=O) groups is 1. The fourth-order valence-corrected chi connectivity index (χ4v) is 2.15. The quantitative estimate of drug-likeness (QED) is 0.505. The molecule has 9 heteroatoms. The number of nitrogens with one attached hydrogen (secondary N) is 1. The van der Waals surface area contributed by atoms with E-state index in [9.17, 15) is 14.9 Å². The van der Waals surface area contributed by atoms with Gasteiger partial charge in [-0.3, -0.25) is 14.9 Å². The molecule has 1 heterocycles. The molecule has 0 aliphatic rings. The van der Waals surface area contributed by atoms with Gasteiger partial charge in [-0.05, 0) is 18.2 Å². The van der Waals surface area contributed by atoms with E-state index >= 15 is 0 Å². The zero-order chi connectivity index (χ0) is 17.9. The van der Waals surface area contributed by atoms with Crippen molar-refractivity contribution in [2.45, 2.75) is 0 Å². The fourth-order valence-electron chi connectivity index (χ4n) is 1.94. The molecule has 8 nitrogen and oxygen atoms in total. The van der Waals surface area contributed by atoms with Gasteiger partial charge in [0.2, 0.25) is 0 Å². The molecule has 0 bridgehead atoms. The van der Waals surface area contributed by atoms with Crippen LogP contribution >= 0.6 is 11.6 Å². The molecule has 1 N–H and O–H groups in total. The summed E-state index contributed by atoms with van der Waals surface area (Å²) in [5.41, 5.74) is 0.302. The number of ether oxygens (including phenoxy) is 1. The molecule has 1 amide bonds. The summed E-state index contributed by atoms with van der Waals surface area (Å²) in [4.78, 5) is 28.6. The predicted molar refractivity (Wildman–Crippen MR) is 91.2 cm³/mol. The second-order valence-corrected chi connectivity index (χ2v) is 5.41. The molecule has 0 fully saturated rings. The van der Waals surface area contributed by atoms with E-state index in [1.54, 1.807) is 25.1 Å². The second kappa shape index (κ2) is 7.14. The first-order chi connectivity index (χ1) is 11.3. The summed E-state index contributed by atoms with van der Waals surface area (Å²) in [5, 5.41) is 13.7. The van der Waals surface area contributed by atoms with E-state index in [4.69, 9.17) is 16.3 Å². The van der Waals surface area contributed by atoms with Gasteiger partial charge in [-0.2, -0.15) is 0 Å². The number of amides is 1. The van der Waals surface area contributed by atoms with Crippen molar-refractivity contribution >= 4 is 34.7 Å². The number of anilines is 2. The Morgan fingerprint density at radius 1 is 1.33 bits per heavy atom. The number of hydrogen-bond acceptors (Lipinski definition) is 6. The molecule has 0 aliphatic carbocycles. The molecule has 2 aromatic rings. The minimum atomic E-state index is -0.553. The molecule has 0 saturated heterocycles. The molecule has 1 aromatic carbocycles. The van der Waals surface area contributed by atoms with Gasteiger partial charge in [0.05, 0.1) is 17.7 Å². The zero-order valence-electron chi connectivity index (χ0n) is 13.2. The SMILES string of the molecule is COc1ccc([N+](=O)[O-])cc1NC(=O)c1cc(Cl)nc(N(C)C)c1. The topological polar surface area (TPSA) is 97.6 Å². The van der Waals surface area contributed by atoms with Crippen LogP contribution in [0.15, 0.2) is 30.3 Å². The lowest BCUT2D eigenvalue weighted by atomic mass is 10.2. The van der Waals surface area contributed by atoms with E-state index in [-0.39, 0.29) is 22.1 Å².